The second-order valence-corrected chi connectivity index (χ2v) is 6.96. The van der Waals surface area contributed by atoms with Gasteiger partial charge in [-0.25, -0.2) is 0 Å². The molecule has 2 aromatic rings. The molecule has 1 N–H and O–H groups in total. The highest BCUT2D eigenvalue weighted by Gasteiger charge is 2.45. The van der Waals surface area contributed by atoms with Crippen molar-refractivity contribution in [3.8, 4) is 0 Å². The summed E-state index contributed by atoms with van der Waals surface area (Å²) in [4.78, 5) is 18.3. The van der Waals surface area contributed by atoms with Crippen molar-refractivity contribution in [1.82, 2.24) is 9.88 Å². The van der Waals surface area contributed by atoms with E-state index in [-0.39, 0.29) is 5.54 Å². The molecule has 1 aromatic heterocycles. The van der Waals surface area contributed by atoms with Gasteiger partial charge in [-0.15, -0.1) is 0 Å². The number of aryl methyl sites for hydroxylation is 1. The lowest BCUT2D eigenvalue weighted by Crippen LogP contribution is -2.52. The van der Waals surface area contributed by atoms with E-state index in [0.717, 1.165) is 25.8 Å². The van der Waals surface area contributed by atoms with Crippen molar-refractivity contribution in [2.24, 2.45) is 5.92 Å². The lowest BCUT2D eigenvalue weighted by molar-refractivity contribution is -0.144. The fraction of sp³-hybridized carbons (Fsp3) is 0.500. The first-order valence-corrected chi connectivity index (χ1v) is 8.00. The number of fused-ring (bicyclic) bond motifs is 5. The standard InChI is InChI=1S/C18H22N2O/c1-12-10-16(21)20-9-5-7-14-13-6-3-4-8-15(13)19-17(14)18(20,2)11-12/h3-4,6,8,12,19H,5,7,9-11H2,1-2H3/t12-,18-/m0/s1. The molecule has 3 heteroatoms. The number of aromatic amines is 1. The summed E-state index contributed by atoms with van der Waals surface area (Å²) in [6.45, 7) is 5.34. The number of aromatic nitrogens is 1. The zero-order valence-corrected chi connectivity index (χ0v) is 12.8. The molecule has 0 saturated carbocycles. The van der Waals surface area contributed by atoms with Crippen LogP contribution < -0.4 is 0 Å². The maximum atomic E-state index is 12.5. The molecule has 0 unspecified atom stereocenters. The zero-order chi connectivity index (χ0) is 14.6. The number of nitrogens with one attached hydrogen (secondary N) is 1. The molecule has 0 radical (unpaired) electrons. The summed E-state index contributed by atoms with van der Waals surface area (Å²) in [7, 11) is 0. The number of hydrogen-bond acceptors (Lipinski definition) is 1. The SMILES string of the molecule is C[C@H]1CC(=O)N2CCCc3c([nH]c4ccccc34)[C@]2(C)C1. The molecule has 2 aliphatic heterocycles. The van der Waals surface area contributed by atoms with Crippen LogP contribution in [-0.2, 0) is 16.8 Å². The minimum absolute atomic E-state index is 0.167. The average Bonchev–Trinajstić information content (AvgIpc) is 2.74. The largest absolute Gasteiger partial charge is 0.356 e. The normalized spacial score (nSPS) is 29.1. The van der Waals surface area contributed by atoms with E-state index >= 15 is 0 Å². The van der Waals surface area contributed by atoms with Gasteiger partial charge in [0.15, 0.2) is 0 Å². The zero-order valence-electron chi connectivity index (χ0n) is 12.8. The Morgan fingerprint density at radius 2 is 2.14 bits per heavy atom. The number of para-hydroxylation sites is 1. The molecule has 1 saturated heterocycles. The highest BCUT2D eigenvalue weighted by molar-refractivity contribution is 5.86. The Bertz CT molecular complexity index is 717. The van der Waals surface area contributed by atoms with Crippen molar-refractivity contribution < 1.29 is 4.79 Å². The van der Waals surface area contributed by atoms with E-state index in [9.17, 15) is 4.79 Å². The van der Waals surface area contributed by atoms with E-state index in [0.29, 0.717) is 18.2 Å². The fourth-order valence-corrected chi connectivity index (χ4v) is 4.49. The van der Waals surface area contributed by atoms with E-state index in [4.69, 9.17) is 0 Å². The molecule has 1 amide bonds. The Balaban J connectivity index is 1.96. The highest BCUT2D eigenvalue weighted by Crippen LogP contribution is 2.45. The van der Waals surface area contributed by atoms with Crippen LogP contribution in [0, 0.1) is 5.92 Å². The monoisotopic (exact) mass is 282 g/mol. The van der Waals surface area contributed by atoms with Crippen LogP contribution in [0.3, 0.4) is 0 Å². The van der Waals surface area contributed by atoms with E-state index < -0.39 is 0 Å². The summed E-state index contributed by atoms with van der Waals surface area (Å²) in [6, 6.07) is 8.53. The van der Waals surface area contributed by atoms with Crippen molar-refractivity contribution >= 4 is 16.8 Å². The van der Waals surface area contributed by atoms with Crippen molar-refractivity contribution in [1.29, 1.82) is 0 Å². The highest BCUT2D eigenvalue weighted by atomic mass is 16.2. The smallest absolute Gasteiger partial charge is 0.223 e. The van der Waals surface area contributed by atoms with Crippen LogP contribution in [0.4, 0.5) is 0 Å². The first-order chi connectivity index (χ1) is 10.1. The van der Waals surface area contributed by atoms with E-state index in [1.165, 1.54) is 22.2 Å². The average molecular weight is 282 g/mol. The summed E-state index contributed by atoms with van der Waals surface area (Å²) >= 11 is 0. The Labute approximate surface area is 125 Å². The van der Waals surface area contributed by atoms with Gasteiger partial charge < -0.3 is 9.88 Å². The Morgan fingerprint density at radius 1 is 1.33 bits per heavy atom. The van der Waals surface area contributed by atoms with E-state index in [1.807, 2.05) is 0 Å². The number of benzene rings is 1. The molecule has 3 nitrogen and oxygen atoms in total. The van der Waals surface area contributed by atoms with Gasteiger partial charge in [-0.1, -0.05) is 25.1 Å². The third-order valence-corrected chi connectivity index (χ3v) is 5.33. The quantitative estimate of drug-likeness (QED) is 0.787. The molecule has 21 heavy (non-hydrogen) atoms. The molecule has 3 heterocycles. The summed E-state index contributed by atoms with van der Waals surface area (Å²) in [5.41, 5.74) is 3.74. The second kappa shape index (κ2) is 4.36. The van der Waals surface area contributed by atoms with Gasteiger partial charge in [0, 0.05) is 29.6 Å². The van der Waals surface area contributed by atoms with Crippen molar-refractivity contribution in [3.05, 3.63) is 35.5 Å². The van der Waals surface area contributed by atoms with Crippen LogP contribution in [0.15, 0.2) is 24.3 Å². The third kappa shape index (κ3) is 1.76. The summed E-state index contributed by atoms with van der Waals surface area (Å²) in [5.74, 6) is 0.777. The third-order valence-electron chi connectivity index (χ3n) is 5.33. The first kappa shape index (κ1) is 12.9. The van der Waals surface area contributed by atoms with Crippen LogP contribution in [0.2, 0.25) is 0 Å². The van der Waals surface area contributed by atoms with Crippen molar-refractivity contribution in [2.45, 2.75) is 45.1 Å². The number of carbonyl (C=O) groups excluding carboxylic acids is 1. The van der Waals surface area contributed by atoms with Gasteiger partial charge in [-0.05, 0) is 43.7 Å². The van der Waals surface area contributed by atoms with Crippen LogP contribution in [-0.4, -0.2) is 22.3 Å². The van der Waals surface area contributed by atoms with Gasteiger partial charge in [0.05, 0.1) is 5.54 Å². The number of nitrogens with zero attached hydrogens (tertiary/aromatic N) is 1. The minimum Gasteiger partial charge on any atom is -0.356 e. The number of carbonyl (C=O) groups is 1. The molecule has 2 aliphatic rings. The Kier molecular flexibility index (Phi) is 2.69. The number of hydrogen-bond donors (Lipinski definition) is 1. The minimum atomic E-state index is -0.167. The molecule has 110 valence electrons. The van der Waals surface area contributed by atoms with Crippen LogP contribution >= 0.6 is 0 Å². The van der Waals surface area contributed by atoms with Crippen molar-refractivity contribution in [2.75, 3.05) is 6.54 Å². The molecule has 0 bridgehead atoms. The van der Waals surface area contributed by atoms with Gasteiger partial charge in [0.1, 0.15) is 0 Å². The molecule has 1 fully saturated rings. The van der Waals surface area contributed by atoms with Gasteiger partial charge in [-0.3, -0.25) is 4.79 Å². The molecule has 2 atom stereocenters. The fourth-order valence-electron chi connectivity index (χ4n) is 4.49. The summed E-state index contributed by atoms with van der Waals surface area (Å²) < 4.78 is 0. The van der Waals surface area contributed by atoms with Gasteiger partial charge in [0.2, 0.25) is 5.91 Å². The van der Waals surface area contributed by atoms with Crippen molar-refractivity contribution in [3.63, 3.8) is 0 Å². The van der Waals surface area contributed by atoms with Crippen LogP contribution in [0.5, 0.6) is 0 Å². The number of piperidine rings is 1. The topological polar surface area (TPSA) is 36.1 Å². The lowest BCUT2D eigenvalue weighted by atomic mass is 9.79. The molecule has 1 aromatic carbocycles. The molecular formula is C18H22N2O. The predicted octanol–water partition coefficient (Wildman–Crippen LogP) is 3.59. The molecular weight excluding hydrogens is 260 g/mol. The van der Waals surface area contributed by atoms with Crippen LogP contribution in [0.1, 0.15) is 44.4 Å². The van der Waals surface area contributed by atoms with Gasteiger partial charge >= 0.3 is 0 Å². The number of rotatable bonds is 0. The number of amides is 1. The molecule has 0 spiro atoms. The molecule has 0 aliphatic carbocycles. The molecule has 4 rings (SSSR count). The first-order valence-electron chi connectivity index (χ1n) is 8.00. The maximum Gasteiger partial charge on any atom is 0.223 e. The van der Waals surface area contributed by atoms with Gasteiger partial charge in [0.25, 0.3) is 0 Å². The Hall–Kier alpha value is -1.77. The summed E-state index contributed by atoms with van der Waals surface area (Å²) in [6.07, 6.45) is 3.88. The van der Waals surface area contributed by atoms with Gasteiger partial charge in [-0.2, -0.15) is 0 Å². The predicted molar refractivity (Wildman–Crippen MR) is 84.1 cm³/mol. The maximum absolute atomic E-state index is 12.5. The van der Waals surface area contributed by atoms with Crippen LogP contribution in [0.25, 0.3) is 10.9 Å². The van der Waals surface area contributed by atoms with E-state index in [1.54, 1.807) is 0 Å². The van der Waals surface area contributed by atoms with E-state index in [2.05, 4.69) is 48.0 Å². The second-order valence-electron chi connectivity index (χ2n) is 6.96. The Morgan fingerprint density at radius 3 is 3.00 bits per heavy atom. The lowest BCUT2D eigenvalue weighted by Gasteiger charge is -2.46. The number of H-pyrrole nitrogens is 1. The summed E-state index contributed by atoms with van der Waals surface area (Å²) in [5, 5.41) is 1.33.